The molecule has 1 aliphatic heterocycles. The van der Waals surface area contributed by atoms with Crippen molar-refractivity contribution in [3.63, 3.8) is 0 Å². The highest BCUT2D eigenvalue weighted by Gasteiger charge is 2.39. The van der Waals surface area contributed by atoms with Crippen LogP contribution in [0.15, 0.2) is 30.6 Å². The number of rotatable bonds is 6. The molecule has 1 saturated heterocycles. The van der Waals surface area contributed by atoms with Crippen molar-refractivity contribution in [3.8, 4) is 0 Å². The molecule has 2 aromatic rings. The standard InChI is InChI=1S/C17H24N4O2.2ClH/c1-23-13-17(6-9-18-10-7-17)16(22)19-8-5-14-12-21-11-3-2-4-15(21)20-14;;/h2-4,11-12,18H,5-10,13H2,1H3,(H,19,22);2*1H. The summed E-state index contributed by atoms with van der Waals surface area (Å²) in [5.74, 6) is 0.101. The van der Waals surface area contributed by atoms with E-state index in [0.717, 1.165) is 43.7 Å². The Morgan fingerprint density at radius 2 is 2.12 bits per heavy atom. The minimum absolute atomic E-state index is 0. The number of imidazole rings is 1. The normalized spacial score (nSPS) is 15.9. The van der Waals surface area contributed by atoms with Crippen molar-refractivity contribution in [3.05, 3.63) is 36.3 Å². The number of carbonyl (C=O) groups is 1. The largest absolute Gasteiger partial charge is 0.384 e. The zero-order chi connectivity index (χ0) is 16.1. The van der Waals surface area contributed by atoms with E-state index in [9.17, 15) is 4.79 Å². The molecule has 1 aliphatic rings. The summed E-state index contributed by atoms with van der Waals surface area (Å²) in [5.41, 5.74) is 1.53. The van der Waals surface area contributed by atoms with Crippen molar-refractivity contribution in [2.45, 2.75) is 19.3 Å². The summed E-state index contributed by atoms with van der Waals surface area (Å²) in [6, 6.07) is 5.93. The molecule has 3 rings (SSSR count). The van der Waals surface area contributed by atoms with Crippen LogP contribution in [-0.2, 0) is 16.0 Å². The van der Waals surface area contributed by atoms with E-state index in [1.807, 2.05) is 35.0 Å². The maximum absolute atomic E-state index is 12.6. The van der Waals surface area contributed by atoms with E-state index < -0.39 is 0 Å². The van der Waals surface area contributed by atoms with Crippen LogP contribution in [0.4, 0.5) is 0 Å². The third kappa shape index (κ3) is 5.07. The van der Waals surface area contributed by atoms with Gasteiger partial charge in [-0.1, -0.05) is 6.07 Å². The molecule has 0 atom stereocenters. The van der Waals surface area contributed by atoms with Crippen molar-refractivity contribution < 1.29 is 9.53 Å². The zero-order valence-corrected chi connectivity index (χ0v) is 16.0. The van der Waals surface area contributed by atoms with Gasteiger partial charge in [-0.3, -0.25) is 4.79 Å². The van der Waals surface area contributed by atoms with Gasteiger partial charge in [-0.25, -0.2) is 4.98 Å². The van der Waals surface area contributed by atoms with Crippen LogP contribution < -0.4 is 10.6 Å². The molecule has 8 heteroatoms. The number of hydrogen-bond acceptors (Lipinski definition) is 4. The molecule has 2 N–H and O–H groups in total. The Balaban J connectivity index is 0.00000156. The first-order valence-electron chi connectivity index (χ1n) is 8.14. The van der Waals surface area contributed by atoms with Gasteiger partial charge in [0.15, 0.2) is 0 Å². The first-order chi connectivity index (χ1) is 11.2. The molecule has 6 nitrogen and oxygen atoms in total. The van der Waals surface area contributed by atoms with Crippen LogP contribution in [0.25, 0.3) is 5.65 Å². The van der Waals surface area contributed by atoms with Crippen LogP contribution >= 0.6 is 24.8 Å². The number of amides is 1. The summed E-state index contributed by atoms with van der Waals surface area (Å²) in [6.45, 7) is 2.81. The Bertz CT molecular complexity index is 633. The van der Waals surface area contributed by atoms with Crippen LogP contribution in [0.2, 0.25) is 0 Å². The summed E-state index contributed by atoms with van der Waals surface area (Å²) in [4.78, 5) is 17.2. The molecule has 0 spiro atoms. The lowest BCUT2D eigenvalue weighted by molar-refractivity contribution is -0.136. The Hall–Kier alpha value is -1.34. The van der Waals surface area contributed by atoms with Gasteiger partial charge in [0, 0.05) is 32.5 Å². The number of methoxy groups -OCH3 is 1. The number of aromatic nitrogens is 2. The Labute approximate surface area is 160 Å². The summed E-state index contributed by atoms with van der Waals surface area (Å²) >= 11 is 0. The highest BCUT2D eigenvalue weighted by Crippen LogP contribution is 2.29. The number of nitrogens with one attached hydrogen (secondary N) is 2. The van der Waals surface area contributed by atoms with E-state index in [0.29, 0.717) is 13.2 Å². The van der Waals surface area contributed by atoms with Gasteiger partial charge in [0.05, 0.1) is 17.7 Å². The van der Waals surface area contributed by atoms with Gasteiger partial charge in [0.25, 0.3) is 0 Å². The first-order valence-corrected chi connectivity index (χ1v) is 8.14. The minimum atomic E-state index is -0.390. The fraction of sp³-hybridized carbons (Fsp3) is 0.529. The SMILES string of the molecule is COCC1(C(=O)NCCc2cn3ccccc3n2)CCNCC1.Cl.Cl. The minimum Gasteiger partial charge on any atom is -0.384 e. The van der Waals surface area contributed by atoms with E-state index in [1.54, 1.807) is 7.11 Å². The molecule has 3 heterocycles. The van der Waals surface area contributed by atoms with Crippen LogP contribution in [0.5, 0.6) is 0 Å². The maximum Gasteiger partial charge on any atom is 0.228 e. The zero-order valence-electron chi connectivity index (χ0n) is 14.4. The molecule has 1 fully saturated rings. The summed E-state index contributed by atoms with van der Waals surface area (Å²) in [6.07, 6.45) is 6.36. The molecule has 0 bridgehead atoms. The molecule has 0 saturated carbocycles. The van der Waals surface area contributed by atoms with Gasteiger partial charge in [-0.15, -0.1) is 24.8 Å². The third-order valence-corrected chi connectivity index (χ3v) is 4.54. The Kier molecular flexibility index (Phi) is 8.65. The summed E-state index contributed by atoms with van der Waals surface area (Å²) in [7, 11) is 1.66. The lowest BCUT2D eigenvalue weighted by Crippen LogP contribution is -2.50. The van der Waals surface area contributed by atoms with Crippen molar-refractivity contribution in [1.82, 2.24) is 20.0 Å². The molecule has 0 unspecified atom stereocenters. The van der Waals surface area contributed by atoms with Crippen molar-refractivity contribution in [1.29, 1.82) is 0 Å². The molecule has 0 aromatic carbocycles. The molecular weight excluding hydrogens is 363 g/mol. The highest BCUT2D eigenvalue weighted by molar-refractivity contribution is 5.85. The average Bonchev–Trinajstić information content (AvgIpc) is 2.98. The predicted octanol–water partition coefficient (Wildman–Crippen LogP) is 1.85. The van der Waals surface area contributed by atoms with E-state index in [1.165, 1.54) is 0 Å². The second-order valence-electron chi connectivity index (χ2n) is 6.17. The van der Waals surface area contributed by atoms with Crippen molar-refractivity contribution in [2.24, 2.45) is 5.41 Å². The fourth-order valence-corrected chi connectivity index (χ4v) is 3.22. The van der Waals surface area contributed by atoms with Crippen LogP contribution in [-0.4, -0.2) is 48.6 Å². The molecule has 0 radical (unpaired) electrons. The van der Waals surface area contributed by atoms with E-state index in [4.69, 9.17) is 4.74 Å². The topological polar surface area (TPSA) is 67.7 Å². The lowest BCUT2D eigenvalue weighted by Gasteiger charge is -2.35. The van der Waals surface area contributed by atoms with Crippen LogP contribution in [0, 0.1) is 5.41 Å². The van der Waals surface area contributed by atoms with E-state index in [-0.39, 0.29) is 36.1 Å². The van der Waals surface area contributed by atoms with Gasteiger partial charge < -0.3 is 19.8 Å². The quantitative estimate of drug-likeness (QED) is 0.792. The monoisotopic (exact) mass is 388 g/mol. The Morgan fingerprint density at radius 1 is 1.36 bits per heavy atom. The number of hydrogen-bond donors (Lipinski definition) is 2. The molecule has 1 amide bonds. The molecule has 25 heavy (non-hydrogen) atoms. The number of piperidine rings is 1. The lowest BCUT2D eigenvalue weighted by atomic mass is 9.78. The molecular formula is C17H26Cl2N4O2. The number of fused-ring (bicyclic) bond motifs is 1. The number of pyridine rings is 1. The van der Waals surface area contributed by atoms with E-state index >= 15 is 0 Å². The van der Waals surface area contributed by atoms with Gasteiger partial charge in [0.1, 0.15) is 5.65 Å². The predicted molar refractivity (Wildman–Crippen MR) is 103 cm³/mol. The maximum atomic E-state index is 12.6. The average molecular weight is 389 g/mol. The Morgan fingerprint density at radius 3 is 2.80 bits per heavy atom. The molecule has 140 valence electrons. The molecule has 0 aliphatic carbocycles. The van der Waals surface area contributed by atoms with Crippen LogP contribution in [0.1, 0.15) is 18.5 Å². The number of nitrogens with zero attached hydrogens (tertiary/aromatic N) is 2. The number of carbonyl (C=O) groups excluding carboxylic acids is 1. The highest BCUT2D eigenvalue weighted by atomic mass is 35.5. The second kappa shape index (κ2) is 9.97. The van der Waals surface area contributed by atoms with Crippen molar-refractivity contribution >= 4 is 36.4 Å². The summed E-state index contributed by atoms with van der Waals surface area (Å²) in [5, 5.41) is 6.38. The fourth-order valence-electron chi connectivity index (χ4n) is 3.22. The first kappa shape index (κ1) is 21.7. The number of halogens is 2. The van der Waals surface area contributed by atoms with Gasteiger partial charge in [-0.05, 0) is 38.1 Å². The van der Waals surface area contributed by atoms with Gasteiger partial charge in [-0.2, -0.15) is 0 Å². The van der Waals surface area contributed by atoms with Gasteiger partial charge >= 0.3 is 0 Å². The third-order valence-electron chi connectivity index (χ3n) is 4.54. The van der Waals surface area contributed by atoms with Crippen LogP contribution in [0.3, 0.4) is 0 Å². The smallest absolute Gasteiger partial charge is 0.228 e. The van der Waals surface area contributed by atoms with Gasteiger partial charge in [0.2, 0.25) is 5.91 Å². The van der Waals surface area contributed by atoms with E-state index in [2.05, 4.69) is 15.6 Å². The van der Waals surface area contributed by atoms with Crippen molar-refractivity contribution in [2.75, 3.05) is 33.4 Å². The molecule has 2 aromatic heterocycles. The number of ether oxygens (including phenoxy) is 1. The second-order valence-corrected chi connectivity index (χ2v) is 6.17. The summed E-state index contributed by atoms with van der Waals surface area (Å²) < 4.78 is 7.30.